The van der Waals surface area contributed by atoms with Crippen molar-refractivity contribution < 1.29 is 27.8 Å². The van der Waals surface area contributed by atoms with Gasteiger partial charge in [-0.15, -0.1) is 0 Å². The fourth-order valence-electron chi connectivity index (χ4n) is 1.94. The summed E-state index contributed by atoms with van der Waals surface area (Å²) in [6.07, 6.45) is 0. The van der Waals surface area contributed by atoms with E-state index in [1.807, 2.05) is 0 Å². The maximum absolute atomic E-state index is 13.3. The third kappa shape index (κ3) is 6.04. The molecule has 26 heavy (non-hydrogen) atoms. The fraction of sp³-hybridized carbons (Fsp3) is 0.222. The van der Waals surface area contributed by atoms with E-state index in [0.717, 1.165) is 0 Å². The second-order valence-electron chi connectivity index (χ2n) is 5.07. The minimum absolute atomic E-state index is 0.0103. The van der Waals surface area contributed by atoms with Crippen molar-refractivity contribution in [3.8, 4) is 11.5 Å². The van der Waals surface area contributed by atoms with Crippen molar-refractivity contribution in [1.29, 1.82) is 0 Å². The molecule has 0 heterocycles. The number of carbonyl (C=O) groups is 2. The van der Waals surface area contributed by atoms with Crippen molar-refractivity contribution in [2.45, 2.75) is 0 Å². The molecular formula is C18H18F2N2O4. The number of para-hydroxylation sites is 2. The van der Waals surface area contributed by atoms with E-state index in [4.69, 9.17) is 9.47 Å². The number of hydrogen-bond donors (Lipinski definition) is 2. The highest BCUT2D eigenvalue weighted by Crippen LogP contribution is 2.15. The molecule has 8 heteroatoms. The average Bonchev–Trinajstić information content (AvgIpc) is 2.64. The summed E-state index contributed by atoms with van der Waals surface area (Å²) in [5, 5.41) is 4.68. The highest BCUT2D eigenvalue weighted by atomic mass is 19.1. The largest absolute Gasteiger partial charge is 0.489 e. The fourth-order valence-corrected chi connectivity index (χ4v) is 1.94. The van der Waals surface area contributed by atoms with Crippen molar-refractivity contribution in [3.63, 3.8) is 0 Å². The van der Waals surface area contributed by atoms with E-state index in [1.54, 1.807) is 12.1 Å². The van der Waals surface area contributed by atoms with Gasteiger partial charge in [0, 0.05) is 0 Å². The van der Waals surface area contributed by atoms with Gasteiger partial charge >= 0.3 is 11.8 Å². The molecule has 0 atom stereocenters. The third-order valence-corrected chi connectivity index (χ3v) is 3.17. The number of amides is 2. The van der Waals surface area contributed by atoms with Crippen LogP contribution < -0.4 is 20.1 Å². The summed E-state index contributed by atoms with van der Waals surface area (Å²) in [6.45, 7) is 0.0886. The zero-order valence-electron chi connectivity index (χ0n) is 13.8. The zero-order chi connectivity index (χ0) is 18.8. The molecule has 2 aromatic rings. The summed E-state index contributed by atoms with van der Waals surface area (Å²) >= 11 is 0. The van der Waals surface area contributed by atoms with Gasteiger partial charge in [0.15, 0.2) is 23.1 Å². The highest BCUT2D eigenvalue weighted by Gasteiger charge is 2.12. The van der Waals surface area contributed by atoms with Gasteiger partial charge in [0.1, 0.15) is 13.2 Å². The minimum Gasteiger partial charge on any atom is -0.489 e. The Labute approximate surface area is 149 Å². The second kappa shape index (κ2) is 9.97. The molecule has 0 fully saturated rings. The number of halogens is 2. The molecule has 2 amide bonds. The van der Waals surface area contributed by atoms with E-state index in [9.17, 15) is 18.4 Å². The molecule has 0 aliphatic carbocycles. The first-order valence-corrected chi connectivity index (χ1v) is 7.88. The van der Waals surface area contributed by atoms with Crippen LogP contribution >= 0.6 is 0 Å². The van der Waals surface area contributed by atoms with Crippen LogP contribution in [-0.2, 0) is 9.59 Å². The number of hydrogen-bond acceptors (Lipinski definition) is 4. The lowest BCUT2D eigenvalue weighted by Gasteiger charge is -2.09. The lowest BCUT2D eigenvalue weighted by Crippen LogP contribution is -2.42. The number of carbonyl (C=O) groups excluding carboxylic acids is 2. The first kappa shape index (κ1) is 19.2. The molecule has 0 radical (unpaired) electrons. The van der Waals surface area contributed by atoms with E-state index in [1.165, 1.54) is 36.4 Å². The molecular weight excluding hydrogens is 346 g/mol. The molecule has 2 N–H and O–H groups in total. The van der Waals surface area contributed by atoms with Gasteiger partial charge in [0.25, 0.3) is 0 Å². The quantitative estimate of drug-likeness (QED) is 0.552. The molecule has 0 aliphatic heterocycles. The predicted molar refractivity (Wildman–Crippen MR) is 89.8 cm³/mol. The molecule has 0 aliphatic rings. The first-order valence-electron chi connectivity index (χ1n) is 7.88. The van der Waals surface area contributed by atoms with Crippen LogP contribution in [0.1, 0.15) is 0 Å². The van der Waals surface area contributed by atoms with Crippen molar-refractivity contribution >= 4 is 11.8 Å². The Morgan fingerprint density at radius 3 is 1.50 bits per heavy atom. The third-order valence-electron chi connectivity index (χ3n) is 3.17. The predicted octanol–water partition coefficient (Wildman–Crippen LogP) is 1.65. The average molecular weight is 364 g/mol. The maximum Gasteiger partial charge on any atom is 0.309 e. The standard InChI is InChI=1S/C18H18F2N2O4/c19-13-5-1-3-7-15(13)25-11-9-21-17(23)18(24)22-10-12-26-16-8-4-2-6-14(16)20/h1-8H,9-12H2,(H,21,23)(H,22,24). The smallest absolute Gasteiger partial charge is 0.309 e. The van der Waals surface area contributed by atoms with Gasteiger partial charge in [0.2, 0.25) is 0 Å². The summed E-state index contributed by atoms with van der Waals surface area (Å²) in [4.78, 5) is 23.2. The molecule has 138 valence electrons. The number of ether oxygens (including phenoxy) is 2. The van der Waals surface area contributed by atoms with E-state index >= 15 is 0 Å². The Bertz CT molecular complexity index is 692. The monoisotopic (exact) mass is 364 g/mol. The van der Waals surface area contributed by atoms with E-state index in [2.05, 4.69) is 10.6 Å². The van der Waals surface area contributed by atoms with E-state index in [-0.39, 0.29) is 37.8 Å². The van der Waals surface area contributed by atoms with Gasteiger partial charge in [-0.25, -0.2) is 8.78 Å². The Morgan fingerprint density at radius 2 is 1.12 bits per heavy atom. The van der Waals surface area contributed by atoms with Crippen LogP contribution in [0.2, 0.25) is 0 Å². The number of rotatable bonds is 8. The van der Waals surface area contributed by atoms with Crippen LogP contribution in [0.4, 0.5) is 8.78 Å². The number of benzene rings is 2. The van der Waals surface area contributed by atoms with Gasteiger partial charge in [-0.3, -0.25) is 9.59 Å². The molecule has 0 spiro atoms. The van der Waals surface area contributed by atoms with Gasteiger partial charge in [0.05, 0.1) is 13.1 Å². The molecule has 6 nitrogen and oxygen atoms in total. The van der Waals surface area contributed by atoms with Crippen LogP contribution in [0.15, 0.2) is 48.5 Å². The van der Waals surface area contributed by atoms with Crippen molar-refractivity contribution in [2.75, 3.05) is 26.3 Å². The van der Waals surface area contributed by atoms with Crippen LogP contribution in [0.5, 0.6) is 11.5 Å². The molecule has 0 saturated carbocycles. The maximum atomic E-state index is 13.3. The summed E-state index contributed by atoms with van der Waals surface area (Å²) in [5.74, 6) is -2.59. The van der Waals surface area contributed by atoms with Gasteiger partial charge in [-0.2, -0.15) is 0 Å². The molecule has 0 bridgehead atoms. The number of nitrogens with one attached hydrogen (secondary N) is 2. The Morgan fingerprint density at radius 1 is 0.731 bits per heavy atom. The summed E-state index contributed by atoms with van der Waals surface area (Å²) in [7, 11) is 0. The first-order chi connectivity index (χ1) is 12.6. The normalized spacial score (nSPS) is 10.1. The molecule has 2 aromatic carbocycles. The van der Waals surface area contributed by atoms with Crippen molar-refractivity contribution in [1.82, 2.24) is 10.6 Å². The van der Waals surface area contributed by atoms with E-state index in [0.29, 0.717) is 0 Å². The minimum atomic E-state index is -0.854. The highest BCUT2D eigenvalue weighted by molar-refractivity contribution is 6.35. The summed E-state index contributed by atoms with van der Waals surface area (Å²) in [6, 6.07) is 11.7. The van der Waals surface area contributed by atoms with E-state index < -0.39 is 23.4 Å². The van der Waals surface area contributed by atoms with Crippen LogP contribution in [-0.4, -0.2) is 38.1 Å². The van der Waals surface area contributed by atoms with Gasteiger partial charge < -0.3 is 20.1 Å². The Hall–Kier alpha value is -3.16. The molecule has 0 unspecified atom stereocenters. The summed E-state index contributed by atoms with van der Waals surface area (Å²) < 4.78 is 36.9. The second-order valence-corrected chi connectivity index (χ2v) is 5.07. The molecule has 0 saturated heterocycles. The van der Waals surface area contributed by atoms with Crippen LogP contribution in [0.25, 0.3) is 0 Å². The lowest BCUT2D eigenvalue weighted by atomic mass is 10.3. The van der Waals surface area contributed by atoms with Gasteiger partial charge in [-0.1, -0.05) is 24.3 Å². The topological polar surface area (TPSA) is 76.7 Å². The Kier molecular flexibility index (Phi) is 7.35. The van der Waals surface area contributed by atoms with Crippen molar-refractivity contribution in [2.24, 2.45) is 0 Å². The molecule has 2 rings (SSSR count). The van der Waals surface area contributed by atoms with Crippen LogP contribution in [0, 0.1) is 11.6 Å². The van der Waals surface area contributed by atoms with Crippen LogP contribution in [0.3, 0.4) is 0 Å². The van der Waals surface area contributed by atoms with Gasteiger partial charge in [-0.05, 0) is 24.3 Å². The molecule has 0 aromatic heterocycles. The SMILES string of the molecule is O=C(NCCOc1ccccc1F)C(=O)NCCOc1ccccc1F. The van der Waals surface area contributed by atoms with Crippen molar-refractivity contribution in [3.05, 3.63) is 60.2 Å². The summed E-state index contributed by atoms with van der Waals surface area (Å²) in [5.41, 5.74) is 0. The lowest BCUT2D eigenvalue weighted by molar-refractivity contribution is -0.139. The zero-order valence-corrected chi connectivity index (χ0v) is 13.8. The Balaban J connectivity index is 1.59.